The number of benzene rings is 1. The first-order valence-corrected chi connectivity index (χ1v) is 14.5. The Morgan fingerprint density at radius 2 is 2.02 bits per heavy atom. The number of hydrogen-bond donors (Lipinski definition) is 7. The van der Waals surface area contributed by atoms with E-state index in [9.17, 15) is 25.2 Å². The van der Waals surface area contributed by atoms with Gasteiger partial charge in [0.25, 0.3) is 0 Å². The van der Waals surface area contributed by atoms with Crippen LogP contribution in [0.25, 0.3) is 0 Å². The molecule has 11 heteroatoms. The maximum atomic E-state index is 12.1. The molecule has 0 bridgehead atoms. The van der Waals surface area contributed by atoms with Crippen LogP contribution in [0, 0.1) is 23.2 Å². The third-order valence-electron chi connectivity index (χ3n) is 8.11. The standard InChI is InChI=1S/C30H46N4O7/c1-4-30(18-34-29(31)32-3)10-5-6-20(26(40-19(2)35)16-22(36)7-11-30)14-21-15-27(25(37)17-24(21)28(38)39)41-23-8-12-33-13-9-23/h15,17,20,22-23,26,28,33,36-39H,4,6-9,11-14,16,18H2,1-3H3,(H3,31,32,34)/t20-,22+,26+,30+/m1/s1. The van der Waals surface area contributed by atoms with Gasteiger partial charge in [0.2, 0.25) is 0 Å². The zero-order chi connectivity index (χ0) is 30.0. The molecule has 4 atom stereocenters. The van der Waals surface area contributed by atoms with E-state index >= 15 is 0 Å². The summed E-state index contributed by atoms with van der Waals surface area (Å²) >= 11 is 0. The number of aliphatic hydroxyl groups is 3. The lowest BCUT2D eigenvalue weighted by atomic mass is 9.77. The number of hydrogen-bond acceptors (Lipinski definition) is 9. The van der Waals surface area contributed by atoms with Crippen molar-refractivity contribution in [3.8, 4) is 23.3 Å². The Labute approximate surface area is 242 Å². The van der Waals surface area contributed by atoms with E-state index in [1.807, 2.05) is 6.92 Å². The van der Waals surface area contributed by atoms with Gasteiger partial charge in [-0.3, -0.25) is 9.79 Å². The third-order valence-corrected chi connectivity index (χ3v) is 8.11. The van der Waals surface area contributed by atoms with Gasteiger partial charge in [-0.2, -0.15) is 0 Å². The summed E-state index contributed by atoms with van der Waals surface area (Å²) < 4.78 is 11.8. The Balaban J connectivity index is 1.97. The molecular formula is C30H46N4O7. The molecule has 0 unspecified atom stereocenters. The topological polar surface area (TPSA) is 179 Å². The van der Waals surface area contributed by atoms with Crippen molar-refractivity contribution >= 4 is 11.9 Å². The van der Waals surface area contributed by atoms with Crippen molar-refractivity contribution < 1.29 is 34.7 Å². The SMILES string of the molecule is CC[C@]1(CNC(N)=NC)C#CC[C@H](Cc2cc(OC3CCNCC3)c(O)cc2C(O)O)[C@@H](OC(C)=O)C[C@@H](O)CC1. The molecule has 0 spiro atoms. The van der Waals surface area contributed by atoms with Crippen LogP contribution in [0.1, 0.15) is 76.2 Å². The second-order valence-corrected chi connectivity index (χ2v) is 11.1. The first-order valence-electron chi connectivity index (χ1n) is 14.5. The van der Waals surface area contributed by atoms with Crippen molar-refractivity contribution in [1.82, 2.24) is 10.6 Å². The summed E-state index contributed by atoms with van der Waals surface area (Å²) in [5.41, 5.74) is 6.09. The van der Waals surface area contributed by atoms with Crippen LogP contribution in [-0.2, 0) is 16.0 Å². The summed E-state index contributed by atoms with van der Waals surface area (Å²) in [6.07, 6.45) is 0.851. The average Bonchev–Trinajstić information content (AvgIpc) is 2.94. The molecule has 0 aromatic heterocycles. The molecule has 3 rings (SSSR count). The number of esters is 1. The molecule has 1 heterocycles. The van der Waals surface area contributed by atoms with E-state index in [-0.39, 0.29) is 41.9 Å². The van der Waals surface area contributed by atoms with Gasteiger partial charge in [-0.1, -0.05) is 12.8 Å². The van der Waals surface area contributed by atoms with Gasteiger partial charge in [-0.25, -0.2) is 0 Å². The molecule has 11 nitrogen and oxygen atoms in total. The molecule has 0 radical (unpaired) electrons. The number of carbonyl (C=O) groups is 1. The van der Waals surface area contributed by atoms with E-state index in [1.165, 1.54) is 13.0 Å². The zero-order valence-electron chi connectivity index (χ0n) is 24.4. The van der Waals surface area contributed by atoms with Crippen molar-refractivity contribution in [2.45, 2.75) is 89.8 Å². The first-order chi connectivity index (χ1) is 19.6. The number of aliphatic imine (C=N–C) groups is 1. The number of phenols is 1. The van der Waals surface area contributed by atoms with Gasteiger partial charge in [0.05, 0.1) is 6.10 Å². The number of guanidine groups is 1. The van der Waals surface area contributed by atoms with Crippen molar-refractivity contribution in [3.05, 3.63) is 23.3 Å². The first kappa shape index (κ1) is 32.5. The van der Waals surface area contributed by atoms with Gasteiger partial charge in [0.15, 0.2) is 23.7 Å². The lowest BCUT2D eigenvalue weighted by molar-refractivity contribution is -0.151. The maximum Gasteiger partial charge on any atom is 0.302 e. The highest BCUT2D eigenvalue weighted by atomic mass is 16.5. The van der Waals surface area contributed by atoms with Crippen LogP contribution < -0.4 is 21.1 Å². The monoisotopic (exact) mass is 574 g/mol. The number of carbonyl (C=O) groups excluding carboxylic acids is 1. The summed E-state index contributed by atoms with van der Waals surface area (Å²) in [4.78, 5) is 16.0. The number of rotatable bonds is 9. The predicted molar refractivity (Wildman–Crippen MR) is 155 cm³/mol. The molecule has 1 fully saturated rings. The molecule has 41 heavy (non-hydrogen) atoms. The minimum Gasteiger partial charge on any atom is -0.504 e. The van der Waals surface area contributed by atoms with E-state index in [0.717, 1.165) is 32.4 Å². The largest absolute Gasteiger partial charge is 0.504 e. The molecular weight excluding hydrogens is 528 g/mol. The van der Waals surface area contributed by atoms with E-state index in [4.69, 9.17) is 15.2 Å². The minimum absolute atomic E-state index is 0.0778. The lowest BCUT2D eigenvalue weighted by Crippen LogP contribution is -2.41. The van der Waals surface area contributed by atoms with Crippen LogP contribution in [0.15, 0.2) is 17.1 Å². The molecule has 1 saturated heterocycles. The number of aromatic hydroxyl groups is 1. The Morgan fingerprint density at radius 3 is 2.66 bits per heavy atom. The number of ether oxygens (including phenoxy) is 2. The number of piperidine rings is 1. The molecule has 8 N–H and O–H groups in total. The summed E-state index contributed by atoms with van der Waals surface area (Å²) in [7, 11) is 1.60. The zero-order valence-corrected chi connectivity index (χ0v) is 24.4. The second-order valence-electron chi connectivity index (χ2n) is 11.1. The fourth-order valence-corrected chi connectivity index (χ4v) is 5.52. The summed E-state index contributed by atoms with van der Waals surface area (Å²) in [6.45, 7) is 5.47. The number of nitrogens with zero attached hydrogens (tertiary/aromatic N) is 1. The van der Waals surface area contributed by atoms with Gasteiger partial charge >= 0.3 is 5.97 Å². The Hall–Kier alpha value is -3.04. The number of nitrogens with one attached hydrogen (secondary N) is 2. The minimum atomic E-state index is -1.84. The Morgan fingerprint density at radius 1 is 1.29 bits per heavy atom. The van der Waals surface area contributed by atoms with Crippen LogP contribution in [0.4, 0.5) is 0 Å². The summed E-state index contributed by atoms with van der Waals surface area (Å²) in [5, 5.41) is 48.3. The lowest BCUT2D eigenvalue weighted by Gasteiger charge is -2.33. The summed E-state index contributed by atoms with van der Waals surface area (Å²) in [6, 6.07) is 2.94. The second kappa shape index (κ2) is 15.3. The molecule has 1 aliphatic heterocycles. The third kappa shape index (κ3) is 9.50. The molecule has 1 aromatic rings. The smallest absolute Gasteiger partial charge is 0.302 e. The highest BCUT2D eigenvalue weighted by molar-refractivity contribution is 5.77. The quantitative estimate of drug-likeness (QED) is 0.0751. The van der Waals surface area contributed by atoms with Crippen LogP contribution in [0.5, 0.6) is 11.5 Å². The van der Waals surface area contributed by atoms with Gasteiger partial charge in [0.1, 0.15) is 12.2 Å². The van der Waals surface area contributed by atoms with E-state index in [1.54, 1.807) is 13.1 Å². The van der Waals surface area contributed by atoms with Crippen molar-refractivity contribution in [1.29, 1.82) is 0 Å². The number of nitrogens with two attached hydrogens (primary N) is 1. The van der Waals surface area contributed by atoms with Crippen LogP contribution in [0.3, 0.4) is 0 Å². The molecule has 1 aliphatic carbocycles. The fourth-order valence-electron chi connectivity index (χ4n) is 5.52. The number of aliphatic hydroxyl groups excluding tert-OH is 2. The van der Waals surface area contributed by atoms with Crippen LogP contribution in [-0.4, -0.2) is 77.3 Å². The molecule has 228 valence electrons. The fraction of sp³-hybridized carbons (Fsp3) is 0.667. The highest BCUT2D eigenvalue weighted by Gasteiger charge is 2.33. The predicted octanol–water partition coefficient (Wildman–Crippen LogP) is 1.47. The highest BCUT2D eigenvalue weighted by Crippen LogP contribution is 2.37. The van der Waals surface area contributed by atoms with Gasteiger partial charge < -0.3 is 46.3 Å². The van der Waals surface area contributed by atoms with Gasteiger partial charge in [-0.15, -0.1) is 5.92 Å². The maximum absolute atomic E-state index is 12.1. The van der Waals surface area contributed by atoms with Gasteiger partial charge in [-0.05, 0) is 69.3 Å². The summed E-state index contributed by atoms with van der Waals surface area (Å²) in [5.74, 6) is 6.27. The Bertz CT molecular complexity index is 1110. The van der Waals surface area contributed by atoms with Crippen LogP contribution >= 0.6 is 0 Å². The van der Waals surface area contributed by atoms with Crippen molar-refractivity contribution in [3.63, 3.8) is 0 Å². The molecule has 0 saturated carbocycles. The van der Waals surface area contributed by atoms with Gasteiger partial charge in [0, 0.05) is 50.3 Å². The van der Waals surface area contributed by atoms with E-state index < -0.39 is 29.9 Å². The van der Waals surface area contributed by atoms with Crippen molar-refractivity contribution in [2.75, 3.05) is 26.7 Å². The van der Waals surface area contributed by atoms with Crippen LogP contribution in [0.2, 0.25) is 0 Å². The van der Waals surface area contributed by atoms with E-state index in [2.05, 4.69) is 27.5 Å². The number of phenolic OH excluding ortho intramolecular Hbond substituents is 1. The normalized spacial score (nSPS) is 26.1. The van der Waals surface area contributed by atoms with Crippen molar-refractivity contribution in [2.24, 2.45) is 22.1 Å². The van der Waals surface area contributed by atoms with E-state index in [0.29, 0.717) is 37.3 Å². The Kier molecular flexibility index (Phi) is 12.1. The molecule has 2 aliphatic rings. The molecule has 0 amide bonds. The average molecular weight is 575 g/mol. The molecule has 1 aromatic carbocycles.